The summed E-state index contributed by atoms with van der Waals surface area (Å²) in [6, 6.07) is 6.06. The van der Waals surface area contributed by atoms with Crippen LogP contribution in [0, 0.1) is 13.8 Å². The first-order valence-corrected chi connectivity index (χ1v) is 7.26. The van der Waals surface area contributed by atoms with Gasteiger partial charge < -0.3 is 15.8 Å². The summed E-state index contributed by atoms with van der Waals surface area (Å²) in [6.45, 7) is 6.86. The first kappa shape index (κ1) is 14.9. The summed E-state index contributed by atoms with van der Waals surface area (Å²) in [7, 11) is 0. The molecular weight excluding hydrogens is 252 g/mol. The van der Waals surface area contributed by atoms with Crippen molar-refractivity contribution in [2.24, 2.45) is 5.73 Å². The molecule has 1 amide bonds. The number of carbonyl (C=O) groups is 1. The quantitative estimate of drug-likeness (QED) is 0.865. The van der Waals surface area contributed by atoms with Gasteiger partial charge in [-0.3, -0.25) is 4.79 Å². The summed E-state index contributed by atoms with van der Waals surface area (Å²) in [5.41, 5.74) is 7.35. The second-order valence-corrected chi connectivity index (χ2v) is 5.66. The standard InChI is InChI=1S/C16H24N2O2/c1-4-18-16(15(17)19)9-8-13(10-16)20-14-7-5-6-11(2)12(14)3/h5-7,13,18H,4,8-10H2,1-3H3,(H2,17,19). The van der Waals surface area contributed by atoms with Gasteiger partial charge in [0.15, 0.2) is 0 Å². The molecule has 0 saturated heterocycles. The van der Waals surface area contributed by atoms with Crippen LogP contribution in [0.3, 0.4) is 0 Å². The van der Waals surface area contributed by atoms with Crippen molar-refractivity contribution in [3.63, 3.8) is 0 Å². The Morgan fingerprint density at radius 1 is 1.50 bits per heavy atom. The lowest BCUT2D eigenvalue weighted by atomic mass is 9.96. The molecule has 1 aliphatic rings. The second kappa shape index (κ2) is 5.83. The van der Waals surface area contributed by atoms with Crippen LogP contribution in [0.2, 0.25) is 0 Å². The Kier molecular flexibility index (Phi) is 4.33. The monoisotopic (exact) mass is 276 g/mol. The smallest absolute Gasteiger partial charge is 0.237 e. The third kappa shape index (κ3) is 2.80. The average Bonchev–Trinajstić information content (AvgIpc) is 2.80. The van der Waals surface area contributed by atoms with Gasteiger partial charge >= 0.3 is 0 Å². The van der Waals surface area contributed by atoms with Crippen molar-refractivity contribution in [3.05, 3.63) is 29.3 Å². The van der Waals surface area contributed by atoms with Crippen molar-refractivity contribution >= 4 is 5.91 Å². The van der Waals surface area contributed by atoms with E-state index < -0.39 is 5.54 Å². The van der Waals surface area contributed by atoms with Gasteiger partial charge in [0.1, 0.15) is 17.4 Å². The Morgan fingerprint density at radius 2 is 2.25 bits per heavy atom. The minimum atomic E-state index is -0.600. The number of carbonyl (C=O) groups excluding carboxylic acids is 1. The van der Waals surface area contributed by atoms with E-state index in [1.807, 2.05) is 19.1 Å². The highest BCUT2D eigenvalue weighted by Gasteiger charge is 2.44. The normalized spacial score (nSPS) is 25.6. The van der Waals surface area contributed by atoms with Gasteiger partial charge in [0, 0.05) is 6.42 Å². The van der Waals surface area contributed by atoms with Gasteiger partial charge in [-0.1, -0.05) is 19.1 Å². The van der Waals surface area contributed by atoms with Crippen molar-refractivity contribution in [3.8, 4) is 5.75 Å². The molecule has 0 radical (unpaired) electrons. The number of primary amides is 1. The number of benzene rings is 1. The molecule has 0 aromatic heterocycles. The molecule has 1 aliphatic carbocycles. The number of hydrogen-bond donors (Lipinski definition) is 2. The van der Waals surface area contributed by atoms with E-state index in [0.29, 0.717) is 6.42 Å². The van der Waals surface area contributed by atoms with Gasteiger partial charge in [0.2, 0.25) is 5.91 Å². The Hall–Kier alpha value is -1.55. The van der Waals surface area contributed by atoms with E-state index in [1.54, 1.807) is 0 Å². The molecule has 1 fully saturated rings. The maximum Gasteiger partial charge on any atom is 0.237 e. The van der Waals surface area contributed by atoms with E-state index in [1.165, 1.54) is 5.56 Å². The zero-order chi connectivity index (χ0) is 14.8. The van der Waals surface area contributed by atoms with Crippen molar-refractivity contribution < 1.29 is 9.53 Å². The highest BCUT2D eigenvalue weighted by molar-refractivity contribution is 5.85. The predicted molar refractivity (Wildman–Crippen MR) is 79.8 cm³/mol. The minimum absolute atomic E-state index is 0.0436. The Bertz CT molecular complexity index is 501. The number of nitrogens with two attached hydrogens (primary N) is 1. The first-order chi connectivity index (χ1) is 9.48. The topological polar surface area (TPSA) is 64.3 Å². The number of aryl methyl sites for hydroxylation is 1. The number of nitrogens with one attached hydrogen (secondary N) is 1. The van der Waals surface area contributed by atoms with Gasteiger partial charge in [0.05, 0.1) is 0 Å². The van der Waals surface area contributed by atoms with Gasteiger partial charge in [0.25, 0.3) is 0 Å². The number of amides is 1. The van der Waals surface area contributed by atoms with Crippen LogP contribution in [0.4, 0.5) is 0 Å². The highest BCUT2D eigenvalue weighted by Crippen LogP contribution is 2.34. The van der Waals surface area contributed by atoms with Crippen LogP contribution in [-0.4, -0.2) is 24.1 Å². The van der Waals surface area contributed by atoms with Crippen molar-refractivity contribution in [1.82, 2.24) is 5.32 Å². The fourth-order valence-corrected chi connectivity index (χ4v) is 2.94. The van der Waals surface area contributed by atoms with E-state index in [4.69, 9.17) is 10.5 Å². The van der Waals surface area contributed by atoms with Crippen molar-refractivity contribution in [2.75, 3.05) is 6.54 Å². The molecule has 0 aliphatic heterocycles. The molecule has 1 aromatic carbocycles. The van der Waals surface area contributed by atoms with Crippen LogP contribution in [0.15, 0.2) is 18.2 Å². The van der Waals surface area contributed by atoms with Crippen molar-refractivity contribution in [2.45, 2.75) is 51.7 Å². The summed E-state index contributed by atoms with van der Waals surface area (Å²) < 4.78 is 6.09. The maximum atomic E-state index is 11.7. The lowest BCUT2D eigenvalue weighted by molar-refractivity contribution is -0.124. The second-order valence-electron chi connectivity index (χ2n) is 5.66. The summed E-state index contributed by atoms with van der Waals surface area (Å²) in [5, 5.41) is 3.24. The van der Waals surface area contributed by atoms with Gasteiger partial charge in [-0.15, -0.1) is 0 Å². The van der Waals surface area contributed by atoms with Crippen LogP contribution in [0.1, 0.15) is 37.3 Å². The summed E-state index contributed by atoms with van der Waals surface area (Å²) in [4.78, 5) is 11.7. The van der Waals surface area contributed by atoms with E-state index in [0.717, 1.165) is 30.7 Å². The van der Waals surface area contributed by atoms with Gasteiger partial charge in [-0.25, -0.2) is 0 Å². The van der Waals surface area contributed by atoms with Crippen LogP contribution >= 0.6 is 0 Å². The van der Waals surface area contributed by atoms with E-state index in [9.17, 15) is 4.79 Å². The molecule has 2 unspecified atom stereocenters. The Balaban J connectivity index is 2.09. The number of rotatable bonds is 5. The minimum Gasteiger partial charge on any atom is -0.490 e. The molecule has 1 saturated carbocycles. The molecule has 1 aromatic rings. The fourth-order valence-electron chi connectivity index (χ4n) is 2.94. The Morgan fingerprint density at radius 3 is 2.90 bits per heavy atom. The third-order valence-corrected chi connectivity index (χ3v) is 4.30. The summed E-state index contributed by atoms with van der Waals surface area (Å²) in [5.74, 6) is 0.637. The third-order valence-electron chi connectivity index (χ3n) is 4.30. The molecule has 2 atom stereocenters. The van der Waals surface area contributed by atoms with Crippen LogP contribution in [0.25, 0.3) is 0 Å². The Labute approximate surface area is 120 Å². The van der Waals surface area contributed by atoms with E-state index in [2.05, 4.69) is 25.2 Å². The molecule has 2 rings (SSSR count). The fraction of sp³-hybridized carbons (Fsp3) is 0.562. The average molecular weight is 276 g/mol. The molecule has 0 spiro atoms. The SMILES string of the molecule is CCNC1(C(N)=O)CCC(Oc2cccc(C)c2C)C1. The largest absolute Gasteiger partial charge is 0.490 e. The number of ether oxygens (including phenoxy) is 1. The number of hydrogen-bond acceptors (Lipinski definition) is 3. The molecule has 0 heterocycles. The summed E-state index contributed by atoms with van der Waals surface area (Å²) >= 11 is 0. The van der Waals surface area contributed by atoms with Crippen LogP contribution in [0.5, 0.6) is 5.75 Å². The molecule has 0 bridgehead atoms. The molecule has 3 N–H and O–H groups in total. The van der Waals surface area contributed by atoms with Crippen LogP contribution < -0.4 is 15.8 Å². The molecule has 20 heavy (non-hydrogen) atoms. The van der Waals surface area contributed by atoms with E-state index in [-0.39, 0.29) is 12.0 Å². The zero-order valence-electron chi connectivity index (χ0n) is 12.5. The lowest BCUT2D eigenvalue weighted by Gasteiger charge is -2.26. The summed E-state index contributed by atoms with van der Waals surface area (Å²) in [6.07, 6.45) is 2.28. The highest BCUT2D eigenvalue weighted by atomic mass is 16.5. The predicted octanol–water partition coefficient (Wildman–Crippen LogP) is 2.07. The number of likely N-dealkylation sites (N-methyl/N-ethyl adjacent to an activating group) is 1. The van der Waals surface area contributed by atoms with E-state index >= 15 is 0 Å². The van der Waals surface area contributed by atoms with Gasteiger partial charge in [-0.05, 0) is 50.4 Å². The maximum absolute atomic E-state index is 11.7. The van der Waals surface area contributed by atoms with Crippen molar-refractivity contribution in [1.29, 1.82) is 0 Å². The zero-order valence-corrected chi connectivity index (χ0v) is 12.5. The molecule has 4 heteroatoms. The first-order valence-electron chi connectivity index (χ1n) is 7.26. The molecular formula is C16H24N2O2. The lowest BCUT2D eigenvalue weighted by Crippen LogP contribution is -2.54. The molecule has 110 valence electrons. The van der Waals surface area contributed by atoms with Gasteiger partial charge in [-0.2, -0.15) is 0 Å². The molecule has 4 nitrogen and oxygen atoms in total. The van der Waals surface area contributed by atoms with Crippen LogP contribution in [-0.2, 0) is 4.79 Å².